The van der Waals surface area contributed by atoms with Crippen LogP contribution in [0.5, 0.6) is 0 Å². The third-order valence-electron chi connectivity index (χ3n) is 5.47. The molecule has 0 bridgehead atoms. The fourth-order valence-electron chi connectivity index (χ4n) is 3.82. The number of aromatic amines is 1. The summed E-state index contributed by atoms with van der Waals surface area (Å²) >= 11 is 1.25. The van der Waals surface area contributed by atoms with E-state index in [9.17, 15) is 9.59 Å². The molecule has 0 unspecified atom stereocenters. The van der Waals surface area contributed by atoms with Gasteiger partial charge in [0.05, 0.1) is 5.56 Å². The summed E-state index contributed by atoms with van der Waals surface area (Å²) in [6.07, 6.45) is 1.65. The second kappa shape index (κ2) is 8.41. The summed E-state index contributed by atoms with van der Waals surface area (Å²) in [5.41, 5.74) is 2.53. The number of fused-ring (bicyclic) bond motifs is 1. The number of rotatable bonds is 4. The van der Waals surface area contributed by atoms with Crippen LogP contribution in [0.3, 0.4) is 0 Å². The van der Waals surface area contributed by atoms with Gasteiger partial charge in [0.15, 0.2) is 5.82 Å². The fraction of sp³-hybridized carbons (Fsp3) is 0.217. The van der Waals surface area contributed by atoms with Gasteiger partial charge in [-0.25, -0.2) is 4.98 Å². The Balaban J connectivity index is 1.35. The van der Waals surface area contributed by atoms with Crippen LogP contribution >= 0.6 is 11.3 Å². The summed E-state index contributed by atoms with van der Waals surface area (Å²) < 4.78 is 0.464. The molecule has 3 aromatic heterocycles. The summed E-state index contributed by atoms with van der Waals surface area (Å²) in [6.45, 7) is 3.82. The summed E-state index contributed by atoms with van der Waals surface area (Å²) in [4.78, 5) is 41.6. The van der Waals surface area contributed by atoms with Crippen LogP contribution in [-0.2, 0) is 6.54 Å². The van der Waals surface area contributed by atoms with Gasteiger partial charge in [0.1, 0.15) is 15.9 Å². The van der Waals surface area contributed by atoms with Gasteiger partial charge in [0.2, 0.25) is 0 Å². The first kappa shape index (κ1) is 19.6. The molecular weight excluding hydrogens is 410 g/mol. The Morgan fingerprint density at radius 1 is 1.03 bits per heavy atom. The molecule has 0 saturated carbocycles. The van der Waals surface area contributed by atoms with Crippen LogP contribution < -0.4 is 5.56 Å². The predicted octanol–water partition coefficient (Wildman–Crippen LogP) is 3.00. The zero-order chi connectivity index (χ0) is 21.2. The van der Waals surface area contributed by atoms with Crippen molar-refractivity contribution >= 4 is 27.5 Å². The average molecular weight is 432 g/mol. The Morgan fingerprint density at radius 2 is 1.81 bits per heavy atom. The number of aromatic nitrogens is 3. The van der Waals surface area contributed by atoms with Crippen LogP contribution in [0.4, 0.5) is 0 Å². The van der Waals surface area contributed by atoms with Crippen molar-refractivity contribution in [2.45, 2.75) is 6.54 Å². The van der Waals surface area contributed by atoms with Gasteiger partial charge >= 0.3 is 0 Å². The number of nitrogens with zero attached hydrogens (tertiary/aromatic N) is 4. The van der Waals surface area contributed by atoms with Crippen LogP contribution in [0.25, 0.3) is 21.7 Å². The molecule has 1 N–H and O–H groups in total. The molecule has 1 saturated heterocycles. The number of hydrogen-bond acceptors (Lipinski definition) is 6. The van der Waals surface area contributed by atoms with Gasteiger partial charge in [0, 0.05) is 44.3 Å². The summed E-state index contributed by atoms with van der Waals surface area (Å²) in [7, 11) is 0. The number of amides is 1. The molecule has 156 valence electrons. The Labute approximate surface area is 183 Å². The highest BCUT2D eigenvalue weighted by Crippen LogP contribution is 2.25. The van der Waals surface area contributed by atoms with Crippen molar-refractivity contribution in [3.05, 3.63) is 81.6 Å². The smallest absolute Gasteiger partial charge is 0.269 e. The van der Waals surface area contributed by atoms with Gasteiger partial charge in [-0.1, -0.05) is 36.4 Å². The van der Waals surface area contributed by atoms with Gasteiger partial charge in [0.25, 0.3) is 11.5 Å². The molecule has 1 amide bonds. The first-order valence-corrected chi connectivity index (χ1v) is 11.1. The molecule has 1 aliphatic heterocycles. The maximum atomic E-state index is 13.2. The average Bonchev–Trinajstić information content (AvgIpc) is 3.25. The Bertz CT molecular complexity index is 1260. The van der Waals surface area contributed by atoms with E-state index < -0.39 is 0 Å². The van der Waals surface area contributed by atoms with Crippen molar-refractivity contribution < 1.29 is 4.79 Å². The van der Waals surface area contributed by atoms with E-state index in [-0.39, 0.29) is 11.5 Å². The van der Waals surface area contributed by atoms with Gasteiger partial charge in [-0.3, -0.25) is 19.5 Å². The molecule has 1 aromatic carbocycles. The SMILES string of the molecule is O=C(c1csc2c(=O)[nH]c(-c3ccccn3)nc12)N1CCN(Cc2ccccc2)CC1. The van der Waals surface area contributed by atoms with Crippen molar-refractivity contribution in [3.8, 4) is 11.5 Å². The number of carbonyl (C=O) groups excluding carboxylic acids is 1. The second-order valence-corrected chi connectivity index (χ2v) is 8.39. The molecule has 8 heteroatoms. The minimum Gasteiger partial charge on any atom is -0.336 e. The molecule has 4 heterocycles. The number of nitrogens with one attached hydrogen (secondary N) is 1. The minimum atomic E-state index is -0.248. The second-order valence-electron chi connectivity index (χ2n) is 7.51. The molecule has 1 fully saturated rings. The molecule has 4 aromatic rings. The quantitative estimate of drug-likeness (QED) is 0.537. The summed E-state index contributed by atoms with van der Waals surface area (Å²) in [6, 6.07) is 15.8. The van der Waals surface area contributed by atoms with E-state index in [1.54, 1.807) is 23.7 Å². The number of carbonyl (C=O) groups is 1. The lowest BCUT2D eigenvalue weighted by Gasteiger charge is -2.34. The number of benzene rings is 1. The van der Waals surface area contributed by atoms with Crippen LogP contribution in [0, 0.1) is 0 Å². The molecule has 0 aliphatic carbocycles. The third kappa shape index (κ3) is 3.99. The molecule has 7 nitrogen and oxygen atoms in total. The fourth-order valence-corrected chi connectivity index (χ4v) is 4.70. The van der Waals surface area contributed by atoms with E-state index in [1.165, 1.54) is 16.9 Å². The Kier molecular flexibility index (Phi) is 5.31. The zero-order valence-corrected chi connectivity index (χ0v) is 17.6. The van der Waals surface area contributed by atoms with E-state index in [4.69, 9.17) is 0 Å². The predicted molar refractivity (Wildman–Crippen MR) is 121 cm³/mol. The van der Waals surface area contributed by atoms with Crippen molar-refractivity contribution in [2.24, 2.45) is 0 Å². The van der Waals surface area contributed by atoms with Gasteiger partial charge in [-0.2, -0.15) is 0 Å². The third-order valence-corrected chi connectivity index (χ3v) is 6.44. The van der Waals surface area contributed by atoms with Crippen LogP contribution in [0.2, 0.25) is 0 Å². The molecular formula is C23H21N5O2S. The van der Waals surface area contributed by atoms with Gasteiger partial charge < -0.3 is 9.88 Å². The van der Waals surface area contributed by atoms with Crippen molar-refractivity contribution in [3.63, 3.8) is 0 Å². The molecule has 1 aliphatic rings. The highest BCUT2D eigenvalue weighted by atomic mass is 32.1. The lowest BCUT2D eigenvalue weighted by atomic mass is 10.2. The van der Waals surface area contributed by atoms with Crippen LogP contribution in [0.1, 0.15) is 15.9 Å². The summed E-state index contributed by atoms with van der Waals surface area (Å²) in [5.74, 6) is 0.300. The van der Waals surface area contributed by atoms with E-state index in [0.717, 1.165) is 19.6 Å². The van der Waals surface area contributed by atoms with Crippen molar-refractivity contribution in [2.75, 3.05) is 26.2 Å². The van der Waals surface area contributed by atoms with Crippen LogP contribution in [-0.4, -0.2) is 56.8 Å². The highest BCUT2D eigenvalue weighted by molar-refractivity contribution is 7.17. The first-order chi connectivity index (χ1) is 15.2. The van der Waals surface area contributed by atoms with Gasteiger partial charge in [-0.15, -0.1) is 11.3 Å². The van der Waals surface area contributed by atoms with E-state index in [1.807, 2.05) is 29.2 Å². The Hall–Kier alpha value is -3.36. The lowest BCUT2D eigenvalue weighted by molar-refractivity contribution is 0.0630. The molecule has 0 spiro atoms. The monoisotopic (exact) mass is 431 g/mol. The topological polar surface area (TPSA) is 82.2 Å². The van der Waals surface area contributed by atoms with E-state index in [2.05, 4.69) is 32.0 Å². The van der Waals surface area contributed by atoms with E-state index in [0.29, 0.717) is 40.4 Å². The van der Waals surface area contributed by atoms with Crippen LogP contribution in [0.15, 0.2) is 64.9 Å². The maximum absolute atomic E-state index is 13.2. The van der Waals surface area contributed by atoms with Crippen molar-refractivity contribution in [1.82, 2.24) is 24.8 Å². The molecule has 0 radical (unpaired) electrons. The summed E-state index contributed by atoms with van der Waals surface area (Å²) in [5, 5.41) is 1.74. The maximum Gasteiger partial charge on any atom is 0.269 e. The first-order valence-electron chi connectivity index (χ1n) is 10.2. The number of piperazine rings is 1. The Morgan fingerprint density at radius 3 is 2.55 bits per heavy atom. The standard InChI is InChI=1S/C23H21N5O2S/c29-22-20-19(25-21(26-22)18-8-4-5-9-24-18)17(15-31-20)23(30)28-12-10-27(11-13-28)14-16-6-2-1-3-7-16/h1-9,15H,10-14H2,(H,25,26,29). The number of pyridine rings is 1. The van der Waals surface area contributed by atoms with Crippen molar-refractivity contribution in [1.29, 1.82) is 0 Å². The number of hydrogen-bond donors (Lipinski definition) is 1. The lowest BCUT2D eigenvalue weighted by Crippen LogP contribution is -2.48. The molecule has 31 heavy (non-hydrogen) atoms. The highest BCUT2D eigenvalue weighted by Gasteiger charge is 2.25. The number of thiophene rings is 1. The molecule has 5 rings (SSSR count). The molecule has 0 atom stereocenters. The number of H-pyrrole nitrogens is 1. The minimum absolute atomic E-state index is 0.0734. The van der Waals surface area contributed by atoms with Gasteiger partial charge in [-0.05, 0) is 17.7 Å². The van der Waals surface area contributed by atoms with E-state index >= 15 is 0 Å². The normalized spacial score (nSPS) is 14.8. The largest absolute Gasteiger partial charge is 0.336 e. The zero-order valence-electron chi connectivity index (χ0n) is 16.8.